The van der Waals surface area contributed by atoms with Gasteiger partial charge in [0.25, 0.3) is 0 Å². The van der Waals surface area contributed by atoms with Crippen molar-refractivity contribution in [2.45, 2.75) is 24.9 Å². The molecule has 0 atom stereocenters. The van der Waals surface area contributed by atoms with Crippen molar-refractivity contribution in [3.05, 3.63) is 51.7 Å². The number of hydrogen-bond acceptors (Lipinski definition) is 10. The Kier molecular flexibility index (Phi) is 5.20. The Morgan fingerprint density at radius 2 is 1.94 bits per heavy atom. The molecule has 12 heteroatoms. The molecule has 0 unspecified atom stereocenters. The van der Waals surface area contributed by atoms with E-state index in [1.165, 1.54) is 22.7 Å². The third-order valence-electron chi connectivity index (χ3n) is 4.99. The van der Waals surface area contributed by atoms with Crippen molar-refractivity contribution in [1.82, 2.24) is 15.1 Å². The molecule has 1 aromatic carbocycles. The number of carbonyl (C=O) groups is 2. The number of hydrogen-bond donors (Lipinski definition) is 3. The Bertz CT molecular complexity index is 1390. The fourth-order valence-electron chi connectivity index (χ4n) is 3.02. The van der Waals surface area contributed by atoms with Gasteiger partial charge in [-0.1, -0.05) is 58.2 Å². The highest BCUT2D eigenvalue weighted by molar-refractivity contribution is 7.26. The number of anilines is 2. The van der Waals surface area contributed by atoms with Crippen LogP contribution in [0.1, 0.15) is 34.2 Å². The number of nitrogens with one attached hydrogen (secondary N) is 1. The predicted molar refractivity (Wildman–Crippen MR) is 121 cm³/mol. The zero-order valence-electron chi connectivity index (χ0n) is 16.8. The van der Waals surface area contributed by atoms with E-state index in [9.17, 15) is 14.7 Å². The minimum absolute atomic E-state index is 0.0363. The Morgan fingerprint density at radius 3 is 2.64 bits per heavy atom. The average Bonchev–Trinajstić information content (AvgIpc) is 3.24. The Balaban J connectivity index is 1.29. The number of benzene rings is 1. The molecular weight excluding hydrogens is 466 g/mol. The number of aromatic nitrogens is 3. The van der Waals surface area contributed by atoms with Gasteiger partial charge >= 0.3 is 12.1 Å². The number of ether oxygens (including phenoxy) is 1. The van der Waals surface area contributed by atoms with E-state index in [0.29, 0.717) is 32.5 Å². The van der Waals surface area contributed by atoms with E-state index in [0.717, 1.165) is 5.56 Å². The van der Waals surface area contributed by atoms with Gasteiger partial charge in [-0.05, 0) is 30.2 Å². The van der Waals surface area contributed by atoms with Crippen molar-refractivity contribution < 1.29 is 24.0 Å². The van der Waals surface area contributed by atoms with Gasteiger partial charge in [0.2, 0.25) is 5.76 Å². The first-order chi connectivity index (χ1) is 15.9. The molecule has 0 radical (unpaired) electrons. The maximum absolute atomic E-state index is 12.1. The second-order valence-corrected chi connectivity index (χ2v) is 9.20. The third-order valence-corrected chi connectivity index (χ3v) is 7.13. The van der Waals surface area contributed by atoms with Crippen molar-refractivity contribution >= 4 is 55.9 Å². The second-order valence-electron chi connectivity index (χ2n) is 7.24. The number of amides is 1. The normalized spacial score (nSPS) is 13.8. The van der Waals surface area contributed by atoms with Crippen LogP contribution in [-0.4, -0.2) is 32.3 Å². The molecule has 0 bridgehead atoms. The van der Waals surface area contributed by atoms with E-state index in [4.69, 9.17) is 15.0 Å². The van der Waals surface area contributed by atoms with Gasteiger partial charge in [0.1, 0.15) is 22.7 Å². The molecule has 0 saturated heterocycles. The summed E-state index contributed by atoms with van der Waals surface area (Å²) in [6.45, 7) is 0.0902. The van der Waals surface area contributed by atoms with Gasteiger partial charge in [0.15, 0.2) is 20.5 Å². The average molecular weight is 482 g/mol. The maximum atomic E-state index is 12.1. The van der Waals surface area contributed by atoms with Crippen molar-refractivity contribution in [1.29, 1.82) is 0 Å². The molecule has 33 heavy (non-hydrogen) atoms. The molecule has 1 fully saturated rings. The topological polar surface area (TPSA) is 153 Å². The smallest absolute Gasteiger partial charge is 0.412 e. The summed E-state index contributed by atoms with van der Waals surface area (Å²) in [5.74, 6) is 4.77. The van der Waals surface area contributed by atoms with Gasteiger partial charge in [-0.2, -0.15) is 0 Å². The minimum Gasteiger partial charge on any atom is -0.481 e. The first-order valence-electron chi connectivity index (χ1n) is 9.71. The molecule has 1 aliphatic carbocycles. The van der Waals surface area contributed by atoms with Crippen LogP contribution in [0.25, 0.3) is 9.66 Å². The molecule has 1 amide bonds. The Hall–Kier alpha value is -3.95. The van der Waals surface area contributed by atoms with Crippen LogP contribution in [0.15, 0.2) is 34.9 Å². The first-order valence-corrected chi connectivity index (χ1v) is 11.3. The van der Waals surface area contributed by atoms with Gasteiger partial charge < -0.3 is 20.1 Å². The number of aliphatic carboxylic acids is 1. The van der Waals surface area contributed by atoms with Gasteiger partial charge in [0.05, 0.1) is 0 Å². The van der Waals surface area contributed by atoms with E-state index < -0.39 is 17.5 Å². The zero-order chi connectivity index (χ0) is 23.0. The number of fused-ring (bicyclic) bond motifs is 1. The lowest BCUT2D eigenvalue weighted by atomic mass is 10.1. The summed E-state index contributed by atoms with van der Waals surface area (Å²) in [6.07, 6.45) is 0.453. The van der Waals surface area contributed by atoms with Crippen molar-refractivity contribution in [2.24, 2.45) is 0 Å². The van der Waals surface area contributed by atoms with Crippen LogP contribution in [0.3, 0.4) is 0 Å². The summed E-state index contributed by atoms with van der Waals surface area (Å²) in [6, 6.07) is 9.23. The Labute approximate surface area is 194 Å². The molecule has 3 aromatic heterocycles. The highest BCUT2D eigenvalue weighted by atomic mass is 32.1. The van der Waals surface area contributed by atoms with Gasteiger partial charge in [-0.3, -0.25) is 10.1 Å². The lowest BCUT2D eigenvalue weighted by molar-refractivity contribution is -0.140. The summed E-state index contributed by atoms with van der Waals surface area (Å²) in [4.78, 5) is 33.8. The lowest BCUT2D eigenvalue weighted by Gasteiger charge is -2.05. The van der Waals surface area contributed by atoms with Crippen LogP contribution in [0.2, 0.25) is 0 Å². The second kappa shape index (κ2) is 8.19. The standard InChI is InChI=1S/C21H15N5O5S2/c22-15-14(24-20(29)30-10-11-4-2-1-3-5-11)12(31-26-15)6-7-13-23-16-17(32-13)25-18(33-16)21(8-9-21)19(27)28/h1-5H,8-10H2,(H2,22,26)(H,24,29)(H,27,28). The van der Waals surface area contributed by atoms with Crippen molar-refractivity contribution in [2.75, 3.05) is 11.1 Å². The van der Waals surface area contributed by atoms with Gasteiger partial charge in [0, 0.05) is 0 Å². The van der Waals surface area contributed by atoms with E-state index in [1.54, 1.807) is 0 Å². The van der Waals surface area contributed by atoms with E-state index >= 15 is 0 Å². The lowest BCUT2D eigenvalue weighted by Crippen LogP contribution is -2.18. The first kappa shape index (κ1) is 20.9. The third kappa shape index (κ3) is 4.11. The number of thiazole rings is 2. The summed E-state index contributed by atoms with van der Waals surface area (Å²) in [5.41, 5.74) is 5.87. The highest BCUT2D eigenvalue weighted by Crippen LogP contribution is 2.50. The molecule has 1 saturated carbocycles. The predicted octanol–water partition coefficient (Wildman–Crippen LogP) is 3.59. The fraction of sp³-hybridized carbons (Fsp3) is 0.190. The van der Waals surface area contributed by atoms with Crippen LogP contribution >= 0.6 is 22.7 Å². The number of carboxylic acid groups (broad SMARTS) is 1. The number of nitrogen functional groups attached to an aromatic ring is 1. The summed E-state index contributed by atoms with van der Waals surface area (Å²) >= 11 is 2.51. The molecule has 0 spiro atoms. The number of nitrogens with zero attached hydrogens (tertiary/aromatic N) is 3. The molecule has 166 valence electrons. The maximum Gasteiger partial charge on any atom is 0.412 e. The van der Waals surface area contributed by atoms with Crippen LogP contribution in [-0.2, 0) is 21.6 Å². The molecule has 3 heterocycles. The molecule has 1 aliphatic rings. The van der Waals surface area contributed by atoms with Gasteiger partial charge in [-0.25, -0.2) is 14.8 Å². The number of nitrogens with two attached hydrogens (primary N) is 1. The van der Waals surface area contributed by atoms with Crippen LogP contribution in [0.4, 0.5) is 16.3 Å². The quantitative estimate of drug-likeness (QED) is 0.363. The van der Waals surface area contributed by atoms with Crippen LogP contribution in [0.5, 0.6) is 0 Å². The number of carbonyl (C=O) groups excluding carboxylic acids is 1. The van der Waals surface area contributed by atoms with Gasteiger partial charge in [-0.15, -0.1) is 0 Å². The molecule has 4 N–H and O–H groups in total. The summed E-state index contributed by atoms with van der Waals surface area (Å²) < 4.78 is 10.3. The van der Waals surface area contributed by atoms with E-state index in [-0.39, 0.29) is 23.9 Å². The Morgan fingerprint density at radius 1 is 1.18 bits per heavy atom. The number of carboxylic acids is 1. The van der Waals surface area contributed by atoms with Crippen LogP contribution < -0.4 is 11.1 Å². The minimum atomic E-state index is -0.857. The molecule has 4 aromatic rings. The van der Waals surface area contributed by atoms with E-state index in [2.05, 4.69) is 32.3 Å². The highest BCUT2D eigenvalue weighted by Gasteiger charge is 2.54. The molecule has 0 aliphatic heterocycles. The number of rotatable bonds is 5. The van der Waals surface area contributed by atoms with Crippen molar-refractivity contribution in [3.63, 3.8) is 0 Å². The SMILES string of the molecule is Nc1noc(C#Cc2nc3sc(C4(C(=O)O)CC4)nc3s2)c1NC(=O)OCc1ccccc1. The molecule has 5 rings (SSSR count). The van der Waals surface area contributed by atoms with Crippen LogP contribution in [0, 0.1) is 11.8 Å². The van der Waals surface area contributed by atoms with Crippen molar-refractivity contribution in [3.8, 4) is 11.8 Å². The largest absolute Gasteiger partial charge is 0.481 e. The molecule has 10 nitrogen and oxygen atoms in total. The summed E-state index contributed by atoms with van der Waals surface area (Å²) in [5, 5.41) is 16.6. The fourth-order valence-corrected chi connectivity index (χ4v) is 5.16. The van der Waals surface area contributed by atoms with E-state index in [1.807, 2.05) is 30.3 Å². The molecular formula is C21H15N5O5S2. The monoisotopic (exact) mass is 481 g/mol. The zero-order valence-corrected chi connectivity index (χ0v) is 18.5. The summed E-state index contributed by atoms with van der Waals surface area (Å²) in [7, 11) is 0.